The number of fused-ring (bicyclic) bond motifs is 5. The Morgan fingerprint density at radius 3 is 2.59 bits per heavy atom. The topological polar surface area (TPSA) is 34.1 Å². The molecule has 22 heavy (non-hydrogen) atoms. The van der Waals surface area contributed by atoms with Gasteiger partial charge in [0.15, 0.2) is 11.6 Å². The Kier molecular flexibility index (Phi) is 3.03. The Hall–Kier alpha value is -0.920. The van der Waals surface area contributed by atoms with Crippen LogP contribution in [0.3, 0.4) is 0 Å². The second-order valence-corrected chi connectivity index (χ2v) is 8.97. The second-order valence-electron chi connectivity index (χ2n) is 8.97. The Morgan fingerprint density at radius 2 is 1.82 bits per heavy atom. The molecule has 0 unspecified atom stereocenters. The minimum atomic E-state index is -0.0267. The third-order valence-electron chi connectivity index (χ3n) is 8.26. The van der Waals surface area contributed by atoms with Crippen LogP contribution in [0.5, 0.6) is 0 Å². The molecule has 2 nitrogen and oxygen atoms in total. The third kappa shape index (κ3) is 1.73. The van der Waals surface area contributed by atoms with Crippen molar-refractivity contribution in [2.75, 3.05) is 0 Å². The lowest BCUT2D eigenvalue weighted by atomic mass is 9.46. The Bertz CT molecular complexity index is 574. The van der Waals surface area contributed by atoms with Crippen molar-refractivity contribution in [3.8, 4) is 0 Å². The van der Waals surface area contributed by atoms with Gasteiger partial charge in [0.2, 0.25) is 0 Å². The van der Waals surface area contributed by atoms with Gasteiger partial charge in [0.1, 0.15) is 0 Å². The third-order valence-corrected chi connectivity index (χ3v) is 8.26. The van der Waals surface area contributed by atoms with Gasteiger partial charge in [0.05, 0.1) is 0 Å². The number of Topliss-reactive ketones (excluding diaryl/α,β-unsaturated/α-hetero) is 1. The molecule has 2 heteroatoms. The molecule has 6 atom stereocenters. The summed E-state index contributed by atoms with van der Waals surface area (Å²) in [6.07, 6.45) is 9.12. The maximum atomic E-state index is 12.8. The van der Waals surface area contributed by atoms with E-state index in [0.29, 0.717) is 30.1 Å². The molecule has 0 aliphatic heterocycles. The van der Waals surface area contributed by atoms with Crippen LogP contribution in [0.1, 0.15) is 65.7 Å². The SMILES string of the molecule is C[C@H]1CC[C@H]2[C@@H]3CC(=O)C4=CC(=O)CC[C@]4(C)[C@H]3CC[C@]12C. The molecule has 3 fully saturated rings. The molecule has 4 rings (SSSR count). The van der Waals surface area contributed by atoms with Crippen molar-refractivity contribution < 1.29 is 9.59 Å². The number of carbonyl (C=O) groups is 2. The van der Waals surface area contributed by atoms with Gasteiger partial charge in [0, 0.05) is 18.4 Å². The fourth-order valence-corrected chi connectivity index (χ4v) is 6.65. The van der Waals surface area contributed by atoms with Crippen LogP contribution >= 0.6 is 0 Å². The van der Waals surface area contributed by atoms with E-state index in [-0.39, 0.29) is 17.0 Å². The number of hydrogen-bond donors (Lipinski definition) is 0. The quantitative estimate of drug-likeness (QED) is 0.667. The highest BCUT2D eigenvalue weighted by Gasteiger charge is 2.59. The summed E-state index contributed by atoms with van der Waals surface area (Å²) in [6.45, 7) is 7.17. The lowest BCUT2D eigenvalue weighted by Gasteiger charge is -2.57. The highest BCUT2D eigenvalue weighted by molar-refractivity contribution is 6.05. The largest absolute Gasteiger partial charge is 0.295 e. The van der Waals surface area contributed by atoms with Gasteiger partial charge in [-0.3, -0.25) is 9.59 Å². The zero-order valence-electron chi connectivity index (χ0n) is 14.2. The molecule has 0 spiro atoms. The molecule has 0 N–H and O–H groups in total. The fraction of sp³-hybridized carbons (Fsp3) is 0.800. The van der Waals surface area contributed by atoms with Crippen molar-refractivity contribution in [2.45, 2.75) is 65.7 Å². The summed E-state index contributed by atoms with van der Waals surface area (Å²) in [4.78, 5) is 24.6. The van der Waals surface area contributed by atoms with Gasteiger partial charge < -0.3 is 0 Å². The highest BCUT2D eigenvalue weighted by Crippen LogP contribution is 2.65. The molecule has 0 saturated heterocycles. The molecule has 3 saturated carbocycles. The average molecular weight is 300 g/mol. The van der Waals surface area contributed by atoms with E-state index in [0.717, 1.165) is 23.8 Å². The van der Waals surface area contributed by atoms with Gasteiger partial charge in [-0.15, -0.1) is 0 Å². The van der Waals surface area contributed by atoms with Crippen LogP contribution in [-0.4, -0.2) is 11.6 Å². The molecule has 0 heterocycles. The van der Waals surface area contributed by atoms with E-state index in [1.54, 1.807) is 6.08 Å². The van der Waals surface area contributed by atoms with E-state index in [1.807, 2.05) is 0 Å². The first kappa shape index (κ1) is 14.7. The maximum Gasteiger partial charge on any atom is 0.159 e. The van der Waals surface area contributed by atoms with Gasteiger partial charge in [0.25, 0.3) is 0 Å². The molecule has 0 radical (unpaired) electrons. The number of ketones is 2. The van der Waals surface area contributed by atoms with E-state index in [1.165, 1.54) is 25.7 Å². The number of hydrogen-bond acceptors (Lipinski definition) is 2. The minimum absolute atomic E-state index is 0.0267. The van der Waals surface area contributed by atoms with Gasteiger partial charge in [-0.2, -0.15) is 0 Å². The van der Waals surface area contributed by atoms with Crippen LogP contribution in [0.4, 0.5) is 0 Å². The summed E-state index contributed by atoms with van der Waals surface area (Å²) in [6, 6.07) is 0. The van der Waals surface area contributed by atoms with E-state index in [4.69, 9.17) is 0 Å². The predicted molar refractivity (Wildman–Crippen MR) is 86.3 cm³/mol. The normalized spacial score (nSPS) is 51.0. The highest BCUT2D eigenvalue weighted by atomic mass is 16.1. The summed E-state index contributed by atoms with van der Waals surface area (Å²) >= 11 is 0. The lowest BCUT2D eigenvalue weighted by molar-refractivity contribution is -0.131. The summed E-state index contributed by atoms with van der Waals surface area (Å²) in [5.74, 6) is 3.14. The van der Waals surface area contributed by atoms with E-state index >= 15 is 0 Å². The second kappa shape index (κ2) is 4.55. The standard InChI is InChI=1S/C20H28O2/c1-12-4-5-15-14-11-18(22)17-10-13(21)6-8-20(17,3)16(14)7-9-19(12,15)2/h10,12,14-16H,4-9,11H2,1-3H3/t12-,14-,15-,16-,19+,20+/m0/s1. The van der Waals surface area contributed by atoms with E-state index < -0.39 is 0 Å². The van der Waals surface area contributed by atoms with Crippen LogP contribution in [0, 0.1) is 34.5 Å². The predicted octanol–water partition coefficient (Wildman–Crippen LogP) is 4.33. The van der Waals surface area contributed by atoms with Crippen molar-refractivity contribution in [3.05, 3.63) is 11.6 Å². The van der Waals surface area contributed by atoms with Gasteiger partial charge in [-0.25, -0.2) is 0 Å². The van der Waals surface area contributed by atoms with Crippen molar-refractivity contribution in [3.63, 3.8) is 0 Å². The lowest BCUT2D eigenvalue weighted by Crippen LogP contribution is -2.52. The number of carbonyl (C=O) groups excluding carboxylic acids is 2. The monoisotopic (exact) mass is 300 g/mol. The average Bonchev–Trinajstić information content (AvgIpc) is 2.77. The summed E-state index contributed by atoms with van der Waals surface area (Å²) in [5.41, 5.74) is 1.30. The fourth-order valence-electron chi connectivity index (χ4n) is 6.65. The summed E-state index contributed by atoms with van der Waals surface area (Å²) in [5, 5.41) is 0. The van der Waals surface area contributed by atoms with Crippen LogP contribution in [0.15, 0.2) is 11.6 Å². The zero-order valence-corrected chi connectivity index (χ0v) is 14.2. The smallest absolute Gasteiger partial charge is 0.159 e. The molecule has 0 aromatic heterocycles. The first-order valence-electron chi connectivity index (χ1n) is 9.14. The van der Waals surface area contributed by atoms with E-state index in [2.05, 4.69) is 20.8 Å². The maximum absolute atomic E-state index is 12.8. The van der Waals surface area contributed by atoms with Crippen molar-refractivity contribution in [2.24, 2.45) is 34.5 Å². The first-order valence-corrected chi connectivity index (χ1v) is 9.14. The molecular formula is C20H28O2. The van der Waals surface area contributed by atoms with Gasteiger partial charge >= 0.3 is 0 Å². The Morgan fingerprint density at radius 1 is 1.05 bits per heavy atom. The van der Waals surface area contributed by atoms with Crippen molar-refractivity contribution >= 4 is 11.6 Å². The van der Waals surface area contributed by atoms with E-state index in [9.17, 15) is 9.59 Å². The Balaban J connectivity index is 1.75. The van der Waals surface area contributed by atoms with Gasteiger partial charge in [-0.05, 0) is 72.7 Å². The first-order chi connectivity index (χ1) is 10.4. The molecule has 0 amide bonds. The molecule has 4 aliphatic rings. The zero-order chi connectivity index (χ0) is 15.7. The van der Waals surface area contributed by atoms with Gasteiger partial charge in [-0.1, -0.05) is 20.8 Å². The summed E-state index contributed by atoms with van der Waals surface area (Å²) in [7, 11) is 0. The molecular weight excluding hydrogens is 272 g/mol. The summed E-state index contributed by atoms with van der Waals surface area (Å²) < 4.78 is 0. The number of allylic oxidation sites excluding steroid dienone is 1. The van der Waals surface area contributed by atoms with Crippen LogP contribution in [0.25, 0.3) is 0 Å². The molecule has 0 bridgehead atoms. The van der Waals surface area contributed by atoms with Crippen molar-refractivity contribution in [1.29, 1.82) is 0 Å². The minimum Gasteiger partial charge on any atom is -0.295 e. The van der Waals surface area contributed by atoms with Crippen LogP contribution in [-0.2, 0) is 9.59 Å². The molecule has 0 aromatic rings. The van der Waals surface area contributed by atoms with Crippen LogP contribution < -0.4 is 0 Å². The molecule has 120 valence electrons. The van der Waals surface area contributed by atoms with Crippen molar-refractivity contribution in [1.82, 2.24) is 0 Å². The molecule has 4 aliphatic carbocycles. The number of rotatable bonds is 0. The molecule has 0 aromatic carbocycles. The van der Waals surface area contributed by atoms with Crippen LogP contribution in [0.2, 0.25) is 0 Å². The Labute approximate surface area is 133 Å².